The van der Waals surface area contributed by atoms with E-state index in [0.717, 1.165) is 25.1 Å². The molecule has 0 aliphatic rings. The number of rotatable bonds is 5. The largest absolute Gasteiger partial charge is 0.246 e. The minimum Gasteiger partial charge on any atom is -0.246 e. The molecule has 0 saturated heterocycles. The van der Waals surface area contributed by atoms with Crippen molar-refractivity contribution < 1.29 is 0 Å². The van der Waals surface area contributed by atoms with E-state index < -0.39 is 0 Å². The lowest BCUT2D eigenvalue weighted by molar-refractivity contribution is 0.301. The minimum atomic E-state index is 0.248. The molecule has 1 aromatic rings. The van der Waals surface area contributed by atoms with E-state index in [1.807, 2.05) is 11.3 Å². The Hall–Kier alpha value is -0.0800. The highest BCUT2D eigenvalue weighted by atomic mass is 35.5. The van der Waals surface area contributed by atoms with Crippen molar-refractivity contribution in [2.24, 2.45) is 5.41 Å². The summed E-state index contributed by atoms with van der Waals surface area (Å²) in [7, 11) is 0. The van der Waals surface area contributed by atoms with Crippen molar-refractivity contribution in [3.63, 3.8) is 0 Å². The first-order valence-electron chi connectivity index (χ1n) is 5.55. The van der Waals surface area contributed by atoms with E-state index >= 15 is 0 Å². The second-order valence-corrected chi connectivity index (χ2v) is 5.82. The second-order valence-electron chi connectivity index (χ2n) is 4.27. The normalized spacial score (nSPS) is 12.1. The minimum absolute atomic E-state index is 0.248. The maximum Gasteiger partial charge on any atom is 0.0936 e. The predicted molar refractivity (Wildman–Crippen MR) is 69.0 cm³/mol. The lowest BCUT2D eigenvalue weighted by Crippen LogP contribution is -2.23. The van der Waals surface area contributed by atoms with Crippen LogP contribution in [0.2, 0.25) is 0 Å². The average molecular weight is 246 g/mol. The molecule has 3 heteroatoms. The Morgan fingerprint density at radius 3 is 2.20 bits per heavy atom. The molecule has 0 spiro atoms. The summed E-state index contributed by atoms with van der Waals surface area (Å²) in [6.07, 6.45) is 3.29. The van der Waals surface area contributed by atoms with Crippen molar-refractivity contribution >= 4 is 22.9 Å². The van der Waals surface area contributed by atoms with E-state index in [-0.39, 0.29) is 5.41 Å². The molecule has 1 aromatic heterocycles. The lowest BCUT2D eigenvalue weighted by Gasteiger charge is -2.28. The summed E-state index contributed by atoms with van der Waals surface area (Å²) < 4.78 is 0. The van der Waals surface area contributed by atoms with Gasteiger partial charge in [0.05, 0.1) is 10.7 Å². The smallest absolute Gasteiger partial charge is 0.0936 e. The van der Waals surface area contributed by atoms with Crippen molar-refractivity contribution in [2.45, 2.75) is 47.0 Å². The summed E-state index contributed by atoms with van der Waals surface area (Å²) in [4.78, 5) is 5.93. The van der Waals surface area contributed by atoms with Crippen LogP contribution in [0.1, 0.15) is 42.3 Å². The van der Waals surface area contributed by atoms with Gasteiger partial charge in [0.15, 0.2) is 0 Å². The highest BCUT2D eigenvalue weighted by molar-refractivity contribution is 7.11. The van der Waals surface area contributed by atoms with E-state index in [9.17, 15) is 0 Å². The maximum absolute atomic E-state index is 6.10. The van der Waals surface area contributed by atoms with Crippen molar-refractivity contribution in [3.8, 4) is 0 Å². The molecule has 86 valence electrons. The number of aryl methyl sites for hydroxylation is 2. The van der Waals surface area contributed by atoms with Gasteiger partial charge in [-0.05, 0) is 32.1 Å². The summed E-state index contributed by atoms with van der Waals surface area (Å²) in [5.74, 6) is 0.734. The molecule has 1 heterocycles. The summed E-state index contributed by atoms with van der Waals surface area (Å²) in [6, 6.07) is 0. The van der Waals surface area contributed by atoms with Gasteiger partial charge in [0, 0.05) is 17.2 Å². The molecule has 0 aliphatic heterocycles. The molecule has 0 atom stereocenters. The van der Waals surface area contributed by atoms with Gasteiger partial charge in [0.25, 0.3) is 0 Å². The second kappa shape index (κ2) is 5.31. The van der Waals surface area contributed by atoms with E-state index in [1.54, 1.807) is 0 Å². The van der Waals surface area contributed by atoms with Crippen molar-refractivity contribution in [2.75, 3.05) is 5.88 Å². The number of nitrogens with zero attached hydrogens (tertiary/aromatic N) is 1. The first kappa shape index (κ1) is 13.0. The van der Waals surface area contributed by atoms with E-state index in [0.29, 0.717) is 0 Å². The number of halogens is 1. The van der Waals surface area contributed by atoms with Crippen LogP contribution < -0.4 is 0 Å². The van der Waals surface area contributed by atoms with Gasteiger partial charge in [-0.1, -0.05) is 13.8 Å². The SMILES string of the molecule is CCC(CC)(CCl)Cc1nc(C)c(C)s1. The molecule has 0 bridgehead atoms. The highest BCUT2D eigenvalue weighted by Crippen LogP contribution is 2.34. The monoisotopic (exact) mass is 245 g/mol. The Balaban J connectivity index is 2.82. The van der Waals surface area contributed by atoms with Crippen molar-refractivity contribution in [3.05, 3.63) is 15.6 Å². The molecular formula is C12H20ClNS. The van der Waals surface area contributed by atoms with Gasteiger partial charge in [-0.3, -0.25) is 0 Å². The quantitative estimate of drug-likeness (QED) is 0.703. The zero-order valence-electron chi connectivity index (χ0n) is 10.1. The Kier molecular flexibility index (Phi) is 4.60. The maximum atomic E-state index is 6.10. The van der Waals surface area contributed by atoms with Gasteiger partial charge in [0.1, 0.15) is 0 Å². The molecular weight excluding hydrogens is 226 g/mol. The molecule has 1 nitrogen and oxygen atoms in total. The Morgan fingerprint density at radius 2 is 1.87 bits per heavy atom. The van der Waals surface area contributed by atoms with Crippen molar-refractivity contribution in [1.82, 2.24) is 4.98 Å². The van der Waals surface area contributed by atoms with E-state index in [2.05, 4.69) is 32.7 Å². The van der Waals surface area contributed by atoms with E-state index in [1.165, 1.54) is 15.6 Å². The molecule has 0 unspecified atom stereocenters. The highest BCUT2D eigenvalue weighted by Gasteiger charge is 2.26. The van der Waals surface area contributed by atoms with Gasteiger partial charge in [-0.2, -0.15) is 0 Å². The van der Waals surface area contributed by atoms with Gasteiger partial charge in [-0.15, -0.1) is 22.9 Å². The van der Waals surface area contributed by atoms with Crippen LogP contribution in [0.3, 0.4) is 0 Å². The number of thiazole rings is 1. The third-order valence-electron chi connectivity index (χ3n) is 3.38. The summed E-state index contributed by atoms with van der Waals surface area (Å²) in [5, 5.41) is 1.24. The molecule has 1 rings (SSSR count). The predicted octanol–water partition coefficient (Wildman–Crippen LogP) is 4.35. The third-order valence-corrected chi connectivity index (χ3v) is 5.02. The van der Waals surface area contributed by atoms with Crippen LogP contribution in [-0.4, -0.2) is 10.9 Å². The number of hydrogen-bond acceptors (Lipinski definition) is 2. The fourth-order valence-electron chi connectivity index (χ4n) is 1.67. The Morgan fingerprint density at radius 1 is 1.27 bits per heavy atom. The Bertz CT molecular complexity index is 288. The molecule has 0 radical (unpaired) electrons. The zero-order chi connectivity index (χ0) is 11.5. The van der Waals surface area contributed by atoms with Crippen molar-refractivity contribution in [1.29, 1.82) is 0 Å². The number of alkyl halides is 1. The molecule has 0 amide bonds. The molecule has 0 N–H and O–H groups in total. The summed E-state index contributed by atoms with van der Waals surface area (Å²) in [5.41, 5.74) is 1.42. The van der Waals surface area contributed by atoms with Crippen LogP contribution in [-0.2, 0) is 6.42 Å². The standard InChI is InChI=1S/C12H20ClNS/c1-5-12(6-2,8-13)7-11-14-9(3)10(4)15-11/h5-8H2,1-4H3. The molecule has 15 heavy (non-hydrogen) atoms. The van der Waals surface area contributed by atoms with Crippen LogP contribution in [0, 0.1) is 19.3 Å². The van der Waals surface area contributed by atoms with Gasteiger partial charge in [-0.25, -0.2) is 4.98 Å². The lowest BCUT2D eigenvalue weighted by atomic mass is 9.81. The summed E-state index contributed by atoms with van der Waals surface area (Å²) in [6.45, 7) is 8.66. The first-order chi connectivity index (χ1) is 7.06. The van der Waals surface area contributed by atoms with Crippen LogP contribution in [0.15, 0.2) is 0 Å². The molecule has 0 fully saturated rings. The Labute approximate surface area is 102 Å². The van der Waals surface area contributed by atoms with Crippen LogP contribution >= 0.6 is 22.9 Å². The van der Waals surface area contributed by atoms with Gasteiger partial charge >= 0.3 is 0 Å². The van der Waals surface area contributed by atoms with Crippen LogP contribution in [0.25, 0.3) is 0 Å². The summed E-state index contributed by atoms with van der Waals surface area (Å²) >= 11 is 7.92. The average Bonchev–Trinajstić information content (AvgIpc) is 2.55. The third kappa shape index (κ3) is 2.94. The fraction of sp³-hybridized carbons (Fsp3) is 0.750. The molecule has 0 aromatic carbocycles. The fourth-order valence-corrected chi connectivity index (χ4v) is 3.25. The molecule has 0 saturated carbocycles. The van der Waals surface area contributed by atoms with Gasteiger partial charge < -0.3 is 0 Å². The topological polar surface area (TPSA) is 12.9 Å². The molecule has 0 aliphatic carbocycles. The number of aromatic nitrogens is 1. The first-order valence-corrected chi connectivity index (χ1v) is 6.91. The van der Waals surface area contributed by atoms with Gasteiger partial charge in [0.2, 0.25) is 0 Å². The zero-order valence-corrected chi connectivity index (χ0v) is 11.6. The van der Waals surface area contributed by atoms with Crippen LogP contribution in [0.4, 0.5) is 0 Å². The number of hydrogen-bond donors (Lipinski definition) is 0. The van der Waals surface area contributed by atoms with E-state index in [4.69, 9.17) is 11.6 Å². The van der Waals surface area contributed by atoms with Crippen LogP contribution in [0.5, 0.6) is 0 Å².